The van der Waals surface area contributed by atoms with Crippen molar-refractivity contribution in [3.63, 3.8) is 0 Å². The van der Waals surface area contributed by atoms with Gasteiger partial charge >= 0.3 is 0 Å². The zero-order valence-electron chi connectivity index (χ0n) is 16.6. The molecule has 150 valence electrons. The summed E-state index contributed by atoms with van der Waals surface area (Å²) in [6.07, 6.45) is 1.49. The smallest absolute Gasteiger partial charge is 0.271 e. The predicted octanol–water partition coefficient (Wildman–Crippen LogP) is 5.88. The van der Waals surface area contributed by atoms with Gasteiger partial charge in [0.25, 0.3) is 5.91 Å². The molecule has 0 aliphatic rings. The largest absolute Gasteiger partial charge is 0.455 e. The third kappa shape index (κ3) is 4.28. The van der Waals surface area contributed by atoms with Crippen LogP contribution < -0.4 is 5.43 Å². The van der Waals surface area contributed by atoms with Crippen molar-refractivity contribution in [2.24, 2.45) is 5.10 Å². The number of aromatic nitrogens is 1. The molecule has 0 bridgehead atoms. The fourth-order valence-electron chi connectivity index (χ4n) is 3.27. The minimum absolute atomic E-state index is 0.282. The normalized spacial score (nSPS) is 11.2. The highest BCUT2D eigenvalue weighted by Crippen LogP contribution is 2.23. The Hall–Kier alpha value is -3.38. The van der Waals surface area contributed by atoms with E-state index in [1.807, 2.05) is 68.4 Å². The maximum absolute atomic E-state index is 12.5. The van der Waals surface area contributed by atoms with Crippen LogP contribution in [0.1, 0.15) is 27.5 Å². The SMILES string of the molecule is Cc1ccc(C)n1-c1cccc(C(=O)N/N=C\c2ccc(-c3ccc(Br)cc3)o2)c1. The van der Waals surface area contributed by atoms with Crippen molar-refractivity contribution in [1.82, 2.24) is 9.99 Å². The number of halogens is 1. The summed E-state index contributed by atoms with van der Waals surface area (Å²) in [5.74, 6) is 1.01. The molecule has 1 amide bonds. The van der Waals surface area contributed by atoms with E-state index < -0.39 is 0 Å². The highest BCUT2D eigenvalue weighted by Gasteiger charge is 2.09. The van der Waals surface area contributed by atoms with Crippen LogP contribution in [0, 0.1) is 13.8 Å². The van der Waals surface area contributed by atoms with Crippen LogP contribution in [0.4, 0.5) is 0 Å². The van der Waals surface area contributed by atoms with E-state index in [9.17, 15) is 4.79 Å². The van der Waals surface area contributed by atoms with E-state index in [1.54, 1.807) is 6.07 Å². The molecule has 0 aliphatic heterocycles. The minimum atomic E-state index is -0.282. The third-order valence-electron chi connectivity index (χ3n) is 4.75. The fraction of sp³-hybridized carbons (Fsp3) is 0.0833. The first-order chi connectivity index (χ1) is 14.5. The summed E-state index contributed by atoms with van der Waals surface area (Å²) in [5, 5.41) is 4.03. The summed E-state index contributed by atoms with van der Waals surface area (Å²) in [4.78, 5) is 12.5. The summed E-state index contributed by atoms with van der Waals surface area (Å²) in [5.41, 5.74) is 7.23. The zero-order chi connectivity index (χ0) is 21.1. The molecule has 5 nitrogen and oxygen atoms in total. The molecule has 0 unspecified atom stereocenters. The van der Waals surface area contributed by atoms with E-state index >= 15 is 0 Å². The molecule has 0 fully saturated rings. The van der Waals surface area contributed by atoms with Crippen LogP contribution in [0.5, 0.6) is 0 Å². The summed E-state index contributed by atoms with van der Waals surface area (Å²) >= 11 is 3.42. The zero-order valence-corrected chi connectivity index (χ0v) is 18.2. The van der Waals surface area contributed by atoms with Crippen LogP contribution in [0.25, 0.3) is 17.0 Å². The number of carbonyl (C=O) groups is 1. The van der Waals surface area contributed by atoms with Crippen LogP contribution in [0.2, 0.25) is 0 Å². The molecule has 1 N–H and O–H groups in total. The molecular weight excluding hydrogens is 442 g/mol. The van der Waals surface area contributed by atoms with Crippen molar-refractivity contribution in [2.45, 2.75) is 13.8 Å². The maximum Gasteiger partial charge on any atom is 0.271 e. The van der Waals surface area contributed by atoms with Crippen molar-refractivity contribution in [2.75, 3.05) is 0 Å². The van der Waals surface area contributed by atoms with E-state index in [0.29, 0.717) is 11.3 Å². The first-order valence-electron chi connectivity index (χ1n) is 9.46. The Morgan fingerprint density at radius 2 is 1.73 bits per heavy atom. The van der Waals surface area contributed by atoms with E-state index in [2.05, 4.69) is 43.2 Å². The number of furan rings is 1. The molecule has 4 rings (SSSR count). The quantitative estimate of drug-likeness (QED) is 0.298. The first kappa shape index (κ1) is 19.9. The van der Waals surface area contributed by atoms with Gasteiger partial charge in [0.05, 0.1) is 6.21 Å². The number of benzene rings is 2. The van der Waals surface area contributed by atoms with Gasteiger partial charge in [0.1, 0.15) is 11.5 Å². The number of hydrogen-bond acceptors (Lipinski definition) is 3. The Bertz CT molecular complexity index is 1200. The van der Waals surface area contributed by atoms with Gasteiger partial charge in [0.15, 0.2) is 0 Å². The summed E-state index contributed by atoms with van der Waals surface area (Å²) in [7, 11) is 0. The van der Waals surface area contributed by atoms with Gasteiger partial charge in [-0.25, -0.2) is 5.43 Å². The lowest BCUT2D eigenvalue weighted by Gasteiger charge is -2.10. The predicted molar refractivity (Wildman–Crippen MR) is 122 cm³/mol. The lowest BCUT2D eigenvalue weighted by Crippen LogP contribution is -2.17. The lowest BCUT2D eigenvalue weighted by atomic mass is 10.2. The van der Waals surface area contributed by atoms with Crippen LogP contribution in [-0.4, -0.2) is 16.7 Å². The van der Waals surface area contributed by atoms with E-state index in [1.165, 1.54) is 6.21 Å². The number of aryl methyl sites for hydroxylation is 2. The Labute approximate surface area is 183 Å². The van der Waals surface area contributed by atoms with Crippen molar-refractivity contribution in [3.05, 3.63) is 100.0 Å². The number of nitrogens with one attached hydrogen (secondary N) is 1. The fourth-order valence-corrected chi connectivity index (χ4v) is 3.54. The number of amides is 1. The maximum atomic E-state index is 12.5. The molecule has 0 atom stereocenters. The van der Waals surface area contributed by atoms with Crippen LogP contribution in [-0.2, 0) is 0 Å². The van der Waals surface area contributed by atoms with E-state index in [0.717, 1.165) is 32.9 Å². The van der Waals surface area contributed by atoms with Gasteiger partial charge in [-0.05, 0) is 68.4 Å². The van der Waals surface area contributed by atoms with Crippen LogP contribution in [0.3, 0.4) is 0 Å². The highest BCUT2D eigenvalue weighted by atomic mass is 79.9. The molecule has 2 aromatic heterocycles. The molecule has 0 spiro atoms. The van der Waals surface area contributed by atoms with Gasteiger partial charge in [-0.1, -0.05) is 34.1 Å². The van der Waals surface area contributed by atoms with Gasteiger partial charge in [0, 0.05) is 32.7 Å². The van der Waals surface area contributed by atoms with Gasteiger partial charge < -0.3 is 8.98 Å². The van der Waals surface area contributed by atoms with Crippen molar-refractivity contribution >= 4 is 28.1 Å². The Balaban J connectivity index is 1.45. The van der Waals surface area contributed by atoms with Crippen LogP contribution in [0.15, 0.2) is 86.8 Å². The molecule has 4 aromatic rings. The monoisotopic (exact) mass is 461 g/mol. The highest BCUT2D eigenvalue weighted by molar-refractivity contribution is 9.10. The van der Waals surface area contributed by atoms with Gasteiger partial charge in [-0.2, -0.15) is 5.10 Å². The summed E-state index contributed by atoms with van der Waals surface area (Å²) in [6, 6.07) is 23.1. The number of carbonyl (C=O) groups excluding carboxylic acids is 1. The Morgan fingerprint density at radius 1 is 1.00 bits per heavy atom. The molecular formula is C24H20BrN3O2. The number of rotatable bonds is 5. The average molecular weight is 462 g/mol. The van der Waals surface area contributed by atoms with Gasteiger partial charge in [-0.3, -0.25) is 4.79 Å². The topological polar surface area (TPSA) is 59.5 Å². The van der Waals surface area contributed by atoms with Crippen molar-refractivity contribution in [1.29, 1.82) is 0 Å². The lowest BCUT2D eigenvalue weighted by molar-refractivity contribution is 0.0955. The van der Waals surface area contributed by atoms with E-state index in [4.69, 9.17) is 4.42 Å². The Morgan fingerprint density at radius 3 is 2.47 bits per heavy atom. The third-order valence-corrected chi connectivity index (χ3v) is 5.28. The minimum Gasteiger partial charge on any atom is -0.455 e. The molecule has 0 radical (unpaired) electrons. The second-order valence-corrected chi connectivity index (χ2v) is 7.83. The summed E-state index contributed by atoms with van der Waals surface area (Å²) < 4.78 is 8.88. The number of hydrazone groups is 1. The molecule has 30 heavy (non-hydrogen) atoms. The molecule has 0 saturated carbocycles. The second-order valence-electron chi connectivity index (χ2n) is 6.91. The molecule has 2 aromatic carbocycles. The first-order valence-corrected chi connectivity index (χ1v) is 10.2. The summed E-state index contributed by atoms with van der Waals surface area (Å²) in [6.45, 7) is 4.08. The van der Waals surface area contributed by atoms with Crippen molar-refractivity contribution < 1.29 is 9.21 Å². The molecule has 6 heteroatoms. The van der Waals surface area contributed by atoms with E-state index in [-0.39, 0.29) is 5.91 Å². The average Bonchev–Trinajstić information content (AvgIpc) is 3.35. The molecule has 0 aliphatic carbocycles. The standard InChI is InChI=1S/C24H20BrN3O2/c1-16-6-7-17(2)28(16)21-5-3-4-19(14-21)24(29)27-26-15-22-12-13-23(30-22)18-8-10-20(25)11-9-18/h3-15H,1-2H3,(H,27,29)/b26-15-. The number of nitrogens with zero attached hydrogens (tertiary/aromatic N) is 2. The van der Waals surface area contributed by atoms with Crippen LogP contribution >= 0.6 is 15.9 Å². The van der Waals surface area contributed by atoms with Crippen molar-refractivity contribution in [3.8, 4) is 17.0 Å². The molecule has 2 heterocycles. The molecule has 0 saturated heterocycles. The number of hydrogen-bond donors (Lipinski definition) is 1. The second kappa shape index (κ2) is 8.55. The van der Waals surface area contributed by atoms with Gasteiger partial charge in [-0.15, -0.1) is 0 Å². The van der Waals surface area contributed by atoms with Gasteiger partial charge in [0.2, 0.25) is 0 Å². The Kier molecular flexibility index (Phi) is 5.68.